The van der Waals surface area contributed by atoms with Crippen LogP contribution < -0.4 is 15.5 Å². The number of pyridine rings is 1. The second kappa shape index (κ2) is 7.56. The first kappa shape index (κ1) is 16.7. The van der Waals surface area contributed by atoms with Crippen LogP contribution in [-0.2, 0) is 9.53 Å². The van der Waals surface area contributed by atoms with Gasteiger partial charge >= 0.3 is 0 Å². The molecule has 22 heavy (non-hydrogen) atoms. The number of methoxy groups -OCH3 is 1. The molecule has 0 spiro atoms. The van der Waals surface area contributed by atoms with Crippen LogP contribution in [0, 0.1) is 0 Å². The number of ether oxygens (including phenoxy) is 1. The van der Waals surface area contributed by atoms with Gasteiger partial charge in [-0.1, -0.05) is 0 Å². The molecule has 0 radical (unpaired) electrons. The molecule has 1 fully saturated rings. The molecule has 6 heteroatoms. The van der Waals surface area contributed by atoms with E-state index in [-0.39, 0.29) is 5.91 Å². The van der Waals surface area contributed by atoms with Crippen LogP contribution in [0.15, 0.2) is 18.3 Å². The van der Waals surface area contributed by atoms with Crippen LogP contribution in [0.5, 0.6) is 0 Å². The van der Waals surface area contributed by atoms with Crippen molar-refractivity contribution < 1.29 is 9.53 Å². The Morgan fingerprint density at radius 1 is 1.36 bits per heavy atom. The maximum atomic E-state index is 12.5. The number of amides is 1. The zero-order chi connectivity index (χ0) is 16.0. The molecule has 0 unspecified atom stereocenters. The number of anilines is 2. The number of rotatable bonds is 6. The number of piperidine rings is 1. The van der Waals surface area contributed by atoms with Crippen LogP contribution in [0.1, 0.15) is 26.7 Å². The van der Waals surface area contributed by atoms with E-state index in [4.69, 9.17) is 4.74 Å². The molecule has 1 amide bonds. The number of hydrogen-bond donors (Lipinski definition) is 2. The minimum absolute atomic E-state index is 0.0890. The highest BCUT2D eigenvalue weighted by atomic mass is 16.5. The highest BCUT2D eigenvalue weighted by Gasteiger charge is 2.39. The van der Waals surface area contributed by atoms with Crippen LogP contribution in [0.4, 0.5) is 11.5 Å². The predicted octanol–water partition coefficient (Wildman–Crippen LogP) is 1.63. The van der Waals surface area contributed by atoms with E-state index in [1.807, 2.05) is 12.1 Å². The summed E-state index contributed by atoms with van der Waals surface area (Å²) in [5.41, 5.74) is -0.0288. The lowest BCUT2D eigenvalue weighted by atomic mass is 9.91. The molecule has 1 saturated heterocycles. The molecule has 6 nitrogen and oxygen atoms in total. The number of aromatic nitrogens is 1. The molecule has 1 aliphatic rings. The van der Waals surface area contributed by atoms with Crippen molar-refractivity contribution in [3.63, 3.8) is 0 Å². The molecule has 0 atom stereocenters. The molecule has 1 aliphatic heterocycles. The molecule has 2 N–H and O–H groups in total. The number of nitrogens with zero attached hydrogens (tertiary/aromatic N) is 2. The average molecular weight is 306 g/mol. The van der Waals surface area contributed by atoms with E-state index in [0.29, 0.717) is 18.5 Å². The Balaban J connectivity index is 2.05. The van der Waals surface area contributed by atoms with Gasteiger partial charge in [-0.15, -0.1) is 0 Å². The van der Waals surface area contributed by atoms with Crippen molar-refractivity contribution in [2.45, 2.75) is 32.3 Å². The van der Waals surface area contributed by atoms with Gasteiger partial charge in [0.2, 0.25) is 0 Å². The number of carbonyl (C=O) groups excluding carboxylic acids is 1. The Morgan fingerprint density at radius 2 is 2.05 bits per heavy atom. The summed E-state index contributed by atoms with van der Waals surface area (Å²) in [6.07, 6.45) is 3.07. The normalized spacial score (nSPS) is 17.0. The first-order chi connectivity index (χ1) is 10.6. The molecule has 0 aromatic carbocycles. The first-order valence-corrected chi connectivity index (χ1v) is 7.93. The van der Waals surface area contributed by atoms with E-state index in [0.717, 1.165) is 32.0 Å². The smallest absolute Gasteiger partial charge is 0.256 e. The van der Waals surface area contributed by atoms with Gasteiger partial charge in [0.25, 0.3) is 5.91 Å². The monoisotopic (exact) mass is 306 g/mol. The van der Waals surface area contributed by atoms with Crippen molar-refractivity contribution in [3.05, 3.63) is 18.3 Å². The summed E-state index contributed by atoms with van der Waals surface area (Å²) in [4.78, 5) is 19.1. The first-order valence-electron chi connectivity index (χ1n) is 7.93. The predicted molar refractivity (Wildman–Crippen MR) is 88.3 cm³/mol. The van der Waals surface area contributed by atoms with Crippen molar-refractivity contribution in [2.75, 3.05) is 43.5 Å². The number of hydrogen-bond acceptors (Lipinski definition) is 5. The van der Waals surface area contributed by atoms with Gasteiger partial charge in [0, 0.05) is 20.2 Å². The van der Waals surface area contributed by atoms with Crippen molar-refractivity contribution in [1.82, 2.24) is 10.3 Å². The summed E-state index contributed by atoms with van der Waals surface area (Å²) in [6, 6.07) is 3.83. The van der Waals surface area contributed by atoms with E-state index < -0.39 is 5.60 Å². The molecule has 1 aromatic heterocycles. The van der Waals surface area contributed by atoms with Gasteiger partial charge < -0.3 is 20.3 Å². The van der Waals surface area contributed by atoms with Crippen LogP contribution in [0.2, 0.25) is 0 Å². The lowest BCUT2D eigenvalue weighted by Gasteiger charge is -2.34. The third-order valence-electron chi connectivity index (χ3n) is 4.31. The largest absolute Gasteiger partial charge is 0.368 e. The fourth-order valence-corrected chi connectivity index (χ4v) is 2.79. The second-order valence-corrected chi connectivity index (χ2v) is 5.48. The topological polar surface area (TPSA) is 66.5 Å². The van der Waals surface area contributed by atoms with Crippen molar-refractivity contribution >= 4 is 17.4 Å². The van der Waals surface area contributed by atoms with Crippen LogP contribution in [-0.4, -0.2) is 49.8 Å². The Labute approximate surface area is 132 Å². The second-order valence-electron chi connectivity index (χ2n) is 5.48. The maximum Gasteiger partial charge on any atom is 0.256 e. The lowest BCUT2D eigenvalue weighted by molar-refractivity contribution is -0.140. The third-order valence-corrected chi connectivity index (χ3v) is 4.31. The molecule has 0 saturated carbocycles. The van der Waals surface area contributed by atoms with Crippen LogP contribution in [0.3, 0.4) is 0 Å². The van der Waals surface area contributed by atoms with E-state index in [2.05, 4.69) is 34.4 Å². The molecule has 2 heterocycles. The quantitative estimate of drug-likeness (QED) is 0.836. The standard InChI is InChI=1S/C16H26N4O2/c1-4-20(5-2)14-7-6-13(12-18-14)19-15(21)16(22-3)8-10-17-11-9-16/h6-7,12,17H,4-5,8-11H2,1-3H3,(H,19,21). The third kappa shape index (κ3) is 3.56. The average Bonchev–Trinajstić information content (AvgIpc) is 2.58. The number of carbonyl (C=O) groups is 1. The molecule has 122 valence electrons. The minimum atomic E-state index is -0.733. The van der Waals surface area contributed by atoms with Gasteiger partial charge in [0.05, 0.1) is 11.9 Å². The van der Waals surface area contributed by atoms with E-state index >= 15 is 0 Å². The summed E-state index contributed by atoms with van der Waals surface area (Å²) >= 11 is 0. The molecule has 2 rings (SSSR count). The molecule has 0 aliphatic carbocycles. The summed E-state index contributed by atoms with van der Waals surface area (Å²) in [7, 11) is 1.60. The molecular weight excluding hydrogens is 280 g/mol. The Kier molecular flexibility index (Phi) is 5.74. The Morgan fingerprint density at radius 3 is 2.55 bits per heavy atom. The zero-order valence-corrected chi connectivity index (χ0v) is 13.7. The Bertz CT molecular complexity index is 479. The summed E-state index contributed by atoms with van der Waals surface area (Å²) in [5.74, 6) is 0.834. The highest BCUT2D eigenvalue weighted by Crippen LogP contribution is 2.24. The van der Waals surface area contributed by atoms with E-state index in [1.54, 1.807) is 13.3 Å². The fourth-order valence-electron chi connectivity index (χ4n) is 2.79. The van der Waals surface area contributed by atoms with E-state index in [1.165, 1.54) is 0 Å². The summed E-state index contributed by atoms with van der Waals surface area (Å²) in [5, 5.41) is 6.18. The summed E-state index contributed by atoms with van der Waals surface area (Å²) in [6.45, 7) is 7.60. The van der Waals surface area contributed by atoms with Crippen molar-refractivity contribution in [1.29, 1.82) is 0 Å². The highest BCUT2D eigenvalue weighted by molar-refractivity contribution is 5.97. The van der Waals surface area contributed by atoms with Crippen molar-refractivity contribution in [2.24, 2.45) is 0 Å². The molecule has 1 aromatic rings. The van der Waals surface area contributed by atoms with Crippen molar-refractivity contribution in [3.8, 4) is 0 Å². The van der Waals surface area contributed by atoms with Gasteiger partial charge in [-0.2, -0.15) is 0 Å². The fraction of sp³-hybridized carbons (Fsp3) is 0.625. The van der Waals surface area contributed by atoms with Gasteiger partial charge in [-0.25, -0.2) is 4.98 Å². The molecular formula is C16H26N4O2. The lowest BCUT2D eigenvalue weighted by Crippen LogP contribution is -2.51. The molecule has 0 bridgehead atoms. The number of nitrogens with one attached hydrogen (secondary N) is 2. The Hall–Kier alpha value is -1.66. The van der Waals surface area contributed by atoms with Gasteiger partial charge in [0.1, 0.15) is 11.4 Å². The summed E-state index contributed by atoms with van der Waals surface area (Å²) < 4.78 is 5.53. The van der Waals surface area contributed by atoms with Gasteiger partial charge in [0.15, 0.2) is 0 Å². The zero-order valence-electron chi connectivity index (χ0n) is 13.7. The van der Waals surface area contributed by atoms with Gasteiger partial charge in [-0.3, -0.25) is 4.79 Å². The van der Waals surface area contributed by atoms with E-state index in [9.17, 15) is 4.79 Å². The minimum Gasteiger partial charge on any atom is -0.368 e. The van der Waals surface area contributed by atoms with Gasteiger partial charge in [-0.05, 0) is 51.9 Å². The van der Waals surface area contributed by atoms with Crippen LogP contribution in [0.25, 0.3) is 0 Å². The maximum absolute atomic E-state index is 12.5. The SMILES string of the molecule is CCN(CC)c1ccc(NC(=O)C2(OC)CCNCC2)cn1. The van der Waals surface area contributed by atoms with Crippen LogP contribution >= 0.6 is 0 Å².